The van der Waals surface area contributed by atoms with E-state index in [1.54, 1.807) is 24.4 Å². The topological polar surface area (TPSA) is 75.8 Å². The van der Waals surface area contributed by atoms with E-state index in [4.69, 9.17) is 0 Å². The monoisotopic (exact) mass is 274 g/mol. The largest absolute Gasteiger partial charge is 0.301 e. The molecule has 0 saturated heterocycles. The minimum Gasteiger partial charge on any atom is -0.301 e. The number of nitrogens with zero attached hydrogens (tertiary/aromatic N) is 3. The van der Waals surface area contributed by atoms with Crippen LogP contribution in [0.1, 0.15) is 10.4 Å². The van der Waals surface area contributed by atoms with Crippen molar-refractivity contribution in [2.75, 3.05) is 12.3 Å². The van der Waals surface area contributed by atoms with Crippen LogP contribution in [0, 0.1) is 0 Å². The number of pyridine rings is 1. The van der Waals surface area contributed by atoms with Gasteiger partial charge in [-0.25, -0.2) is 4.98 Å². The van der Waals surface area contributed by atoms with E-state index in [0.29, 0.717) is 17.4 Å². The zero-order valence-electron chi connectivity index (χ0n) is 9.87. The minimum atomic E-state index is -0.469. The van der Waals surface area contributed by atoms with Gasteiger partial charge in [0.25, 0.3) is 11.5 Å². The molecule has 0 spiro atoms. The normalized spacial score (nSPS) is 14.4. The van der Waals surface area contributed by atoms with E-state index in [1.165, 1.54) is 22.4 Å². The number of carbonyl (C=O) groups excluding carboxylic acids is 1. The van der Waals surface area contributed by atoms with E-state index >= 15 is 0 Å². The zero-order valence-corrected chi connectivity index (χ0v) is 10.7. The fraction of sp³-hybridized carbons (Fsp3) is 0.167. The van der Waals surface area contributed by atoms with E-state index in [1.807, 2.05) is 0 Å². The van der Waals surface area contributed by atoms with Crippen molar-refractivity contribution < 1.29 is 4.79 Å². The molecule has 2 aromatic heterocycles. The molecule has 1 aliphatic heterocycles. The van der Waals surface area contributed by atoms with Gasteiger partial charge in [-0.1, -0.05) is 17.8 Å². The molecule has 0 aromatic carbocycles. The van der Waals surface area contributed by atoms with Crippen LogP contribution in [-0.4, -0.2) is 32.8 Å². The van der Waals surface area contributed by atoms with E-state index in [2.05, 4.69) is 15.3 Å². The quantitative estimate of drug-likeness (QED) is 0.823. The van der Waals surface area contributed by atoms with Crippen LogP contribution >= 0.6 is 11.8 Å². The first-order valence-electron chi connectivity index (χ1n) is 5.71. The summed E-state index contributed by atoms with van der Waals surface area (Å²) in [5, 5.41) is 3.18. The molecule has 2 aromatic rings. The number of fused-ring (bicyclic) bond motifs is 1. The summed E-state index contributed by atoms with van der Waals surface area (Å²) < 4.78 is 1.35. The Morgan fingerprint density at radius 3 is 3.11 bits per heavy atom. The lowest BCUT2D eigenvalue weighted by Gasteiger charge is -2.04. The molecule has 0 bridgehead atoms. The molecule has 0 fully saturated rings. The molecule has 6 nitrogen and oxygen atoms in total. The van der Waals surface area contributed by atoms with Crippen LogP contribution < -0.4 is 10.9 Å². The number of thioether (sulfide) groups is 1. The van der Waals surface area contributed by atoms with Gasteiger partial charge in [-0.2, -0.15) is 0 Å². The highest BCUT2D eigenvalue weighted by Crippen LogP contribution is 2.09. The molecule has 7 heteroatoms. The van der Waals surface area contributed by atoms with Crippen LogP contribution in [-0.2, 0) is 0 Å². The third-order valence-electron chi connectivity index (χ3n) is 2.66. The maximum absolute atomic E-state index is 12.2. The van der Waals surface area contributed by atoms with Crippen LogP contribution in [0.2, 0.25) is 0 Å². The first-order chi connectivity index (χ1) is 9.25. The summed E-state index contributed by atoms with van der Waals surface area (Å²) in [4.78, 5) is 32.4. The van der Waals surface area contributed by atoms with Crippen molar-refractivity contribution >= 4 is 28.5 Å². The van der Waals surface area contributed by atoms with Crippen molar-refractivity contribution in [3.05, 3.63) is 46.5 Å². The maximum atomic E-state index is 12.2. The molecular weight excluding hydrogens is 264 g/mol. The summed E-state index contributed by atoms with van der Waals surface area (Å²) in [7, 11) is 0. The first-order valence-corrected chi connectivity index (χ1v) is 6.69. The van der Waals surface area contributed by atoms with E-state index in [0.717, 1.165) is 5.75 Å². The van der Waals surface area contributed by atoms with Gasteiger partial charge < -0.3 is 5.32 Å². The number of amidine groups is 1. The molecule has 1 aliphatic rings. The Kier molecular flexibility index (Phi) is 3.04. The van der Waals surface area contributed by atoms with Gasteiger partial charge in [0.05, 0.1) is 6.54 Å². The van der Waals surface area contributed by atoms with Gasteiger partial charge in [-0.15, -0.1) is 0 Å². The molecule has 19 heavy (non-hydrogen) atoms. The van der Waals surface area contributed by atoms with Crippen molar-refractivity contribution in [2.45, 2.75) is 0 Å². The van der Waals surface area contributed by atoms with Crippen LogP contribution in [0.25, 0.3) is 5.65 Å². The summed E-state index contributed by atoms with van der Waals surface area (Å²) in [5.41, 5.74) is 0.141. The zero-order chi connectivity index (χ0) is 13.2. The molecule has 0 aliphatic carbocycles. The number of aromatic nitrogens is 2. The predicted molar refractivity (Wildman–Crippen MR) is 73.7 cm³/mol. The summed E-state index contributed by atoms with van der Waals surface area (Å²) in [6.07, 6.45) is 2.89. The Labute approximate surface area is 112 Å². The number of aliphatic imine (C=N–C) groups is 1. The van der Waals surface area contributed by atoms with Gasteiger partial charge in [-0.3, -0.25) is 19.0 Å². The molecule has 0 saturated carbocycles. The van der Waals surface area contributed by atoms with Gasteiger partial charge >= 0.3 is 0 Å². The highest BCUT2D eigenvalue weighted by molar-refractivity contribution is 8.14. The fourth-order valence-corrected chi connectivity index (χ4v) is 2.48. The molecule has 0 radical (unpaired) electrons. The summed E-state index contributed by atoms with van der Waals surface area (Å²) >= 11 is 1.46. The van der Waals surface area contributed by atoms with E-state index in [9.17, 15) is 9.59 Å². The van der Waals surface area contributed by atoms with Crippen LogP contribution in [0.4, 0.5) is 0 Å². The average Bonchev–Trinajstić information content (AvgIpc) is 2.92. The standard InChI is InChI=1S/C12H10N4O2S/c17-10(15-12-13-4-6-19-12)8-7-14-9-3-1-2-5-16(9)11(8)18/h1-3,5,7H,4,6H2,(H,13,15,17). The van der Waals surface area contributed by atoms with Gasteiger partial charge in [0.15, 0.2) is 5.17 Å². The first kappa shape index (κ1) is 11.9. The molecule has 1 amide bonds. The van der Waals surface area contributed by atoms with Gasteiger partial charge in [0.1, 0.15) is 11.2 Å². The number of carbonyl (C=O) groups is 1. The fourth-order valence-electron chi connectivity index (χ4n) is 1.76. The van der Waals surface area contributed by atoms with Crippen molar-refractivity contribution in [3.63, 3.8) is 0 Å². The maximum Gasteiger partial charge on any atom is 0.270 e. The Bertz CT molecular complexity index is 738. The average molecular weight is 274 g/mol. The number of rotatable bonds is 1. The molecule has 3 rings (SSSR count). The molecule has 0 unspecified atom stereocenters. The molecular formula is C12H10N4O2S. The number of hydrogen-bond donors (Lipinski definition) is 1. The lowest BCUT2D eigenvalue weighted by atomic mass is 10.3. The van der Waals surface area contributed by atoms with Crippen LogP contribution in [0.5, 0.6) is 0 Å². The Balaban J connectivity index is 1.98. The van der Waals surface area contributed by atoms with Crippen molar-refractivity contribution in [1.29, 1.82) is 0 Å². The second kappa shape index (κ2) is 4.85. The highest BCUT2D eigenvalue weighted by atomic mass is 32.2. The smallest absolute Gasteiger partial charge is 0.270 e. The van der Waals surface area contributed by atoms with Crippen LogP contribution in [0.3, 0.4) is 0 Å². The Morgan fingerprint density at radius 2 is 2.32 bits per heavy atom. The third-order valence-corrected chi connectivity index (χ3v) is 3.56. The number of amides is 1. The highest BCUT2D eigenvalue weighted by Gasteiger charge is 2.16. The number of nitrogens with one attached hydrogen (secondary N) is 1. The predicted octanol–water partition coefficient (Wildman–Crippen LogP) is 0.527. The second-order valence-electron chi connectivity index (χ2n) is 3.90. The lowest BCUT2D eigenvalue weighted by Crippen LogP contribution is -2.33. The minimum absolute atomic E-state index is 0.0129. The van der Waals surface area contributed by atoms with Gasteiger partial charge in [0.2, 0.25) is 0 Å². The Hall–Kier alpha value is -2.15. The van der Waals surface area contributed by atoms with Gasteiger partial charge in [-0.05, 0) is 12.1 Å². The third kappa shape index (κ3) is 2.24. The van der Waals surface area contributed by atoms with Crippen LogP contribution in [0.15, 0.2) is 40.4 Å². The van der Waals surface area contributed by atoms with Crippen molar-refractivity contribution in [1.82, 2.24) is 14.7 Å². The molecule has 3 heterocycles. The summed E-state index contributed by atoms with van der Waals surface area (Å²) in [6, 6.07) is 5.21. The molecule has 96 valence electrons. The molecule has 0 atom stereocenters. The Morgan fingerprint density at radius 1 is 1.42 bits per heavy atom. The van der Waals surface area contributed by atoms with Crippen molar-refractivity contribution in [3.8, 4) is 0 Å². The van der Waals surface area contributed by atoms with Gasteiger partial charge in [0, 0.05) is 18.1 Å². The number of hydrogen-bond acceptors (Lipinski definition) is 5. The SMILES string of the molecule is O=C(NC1=NCCS1)c1cnc2ccccn2c1=O. The second-order valence-corrected chi connectivity index (χ2v) is 4.98. The van der Waals surface area contributed by atoms with E-state index in [-0.39, 0.29) is 11.1 Å². The summed E-state index contributed by atoms with van der Waals surface area (Å²) in [6.45, 7) is 0.690. The van der Waals surface area contributed by atoms with Crippen molar-refractivity contribution in [2.24, 2.45) is 4.99 Å². The lowest BCUT2D eigenvalue weighted by molar-refractivity contribution is 0.0976. The van der Waals surface area contributed by atoms with E-state index < -0.39 is 5.91 Å². The summed E-state index contributed by atoms with van der Waals surface area (Å²) in [5.74, 6) is 0.383. The molecule has 1 N–H and O–H groups in total.